The van der Waals surface area contributed by atoms with Crippen LogP contribution in [0.4, 0.5) is 0 Å². The maximum Gasteiger partial charge on any atom is 0.0705 e. The van der Waals surface area contributed by atoms with Crippen LogP contribution in [0.2, 0.25) is 0 Å². The number of para-hydroxylation sites is 1. The quantitative estimate of drug-likeness (QED) is 0.731. The molecule has 0 saturated heterocycles. The molecule has 1 nitrogen and oxygen atoms in total. The smallest absolute Gasteiger partial charge is 0.0705 e. The van der Waals surface area contributed by atoms with Crippen LogP contribution in [0.1, 0.15) is 31.0 Å². The third-order valence-electron chi connectivity index (χ3n) is 2.82. The van der Waals surface area contributed by atoms with Crippen molar-refractivity contribution in [2.75, 3.05) is 0 Å². The molecule has 0 aliphatic rings. The zero-order valence-electron chi connectivity index (χ0n) is 9.46. The van der Waals surface area contributed by atoms with Gasteiger partial charge in [0.05, 0.1) is 5.52 Å². The number of hydrogen-bond acceptors (Lipinski definition) is 1. The number of fused-ring (bicyclic) bond motifs is 1. The minimum atomic E-state index is 1.11. The summed E-state index contributed by atoms with van der Waals surface area (Å²) in [5.74, 6) is 0. The average molecular weight is 199 g/mol. The summed E-state index contributed by atoms with van der Waals surface area (Å²) in [6.07, 6.45) is 3.65. The first-order chi connectivity index (χ1) is 7.31. The van der Waals surface area contributed by atoms with Crippen molar-refractivity contribution in [1.29, 1.82) is 0 Å². The molecule has 0 aliphatic heterocycles. The lowest BCUT2D eigenvalue weighted by Crippen LogP contribution is -1.93. The van der Waals surface area contributed by atoms with Gasteiger partial charge in [0.1, 0.15) is 0 Å². The predicted octanol–water partition coefficient (Wildman–Crippen LogP) is 3.89. The Hall–Kier alpha value is -1.37. The van der Waals surface area contributed by atoms with Crippen LogP contribution >= 0.6 is 0 Å². The van der Waals surface area contributed by atoms with Gasteiger partial charge in [-0.3, -0.25) is 4.98 Å². The number of benzene rings is 1. The Balaban J connectivity index is 2.43. The van der Waals surface area contributed by atoms with Crippen molar-refractivity contribution < 1.29 is 0 Å². The van der Waals surface area contributed by atoms with Crippen molar-refractivity contribution in [2.45, 2.75) is 33.1 Å². The minimum absolute atomic E-state index is 1.11. The van der Waals surface area contributed by atoms with E-state index in [2.05, 4.69) is 43.1 Å². The predicted molar refractivity (Wildman–Crippen MR) is 65.1 cm³/mol. The van der Waals surface area contributed by atoms with Crippen LogP contribution in [0.25, 0.3) is 10.9 Å². The second-order valence-electron chi connectivity index (χ2n) is 4.03. The normalized spacial score (nSPS) is 10.8. The number of pyridine rings is 1. The molecule has 0 aliphatic carbocycles. The first-order valence-corrected chi connectivity index (χ1v) is 5.66. The van der Waals surface area contributed by atoms with Crippen LogP contribution in [0.3, 0.4) is 0 Å². The van der Waals surface area contributed by atoms with Crippen LogP contribution in [0, 0.1) is 6.92 Å². The van der Waals surface area contributed by atoms with Crippen LogP contribution in [0.15, 0.2) is 30.3 Å². The lowest BCUT2D eigenvalue weighted by molar-refractivity contribution is 0.788. The number of nitrogens with zero attached hydrogens (tertiary/aromatic N) is 1. The summed E-state index contributed by atoms with van der Waals surface area (Å²) in [7, 11) is 0. The van der Waals surface area contributed by atoms with Gasteiger partial charge in [0.15, 0.2) is 0 Å². The summed E-state index contributed by atoms with van der Waals surface area (Å²) in [5.41, 5.74) is 3.69. The molecule has 0 N–H and O–H groups in total. The van der Waals surface area contributed by atoms with Crippen molar-refractivity contribution >= 4 is 10.9 Å². The Labute approximate surface area is 91.2 Å². The minimum Gasteiger partial charge on any atom is -0.253 e. The van der Waals surface area contributed by atoms with Crippen LogP contribution < -0.4 is 0 Å². The molecule has 78 valence electrons. The Bertz CT molecular complexity index is 460. The molecule has 0 radical (unpaired) electrons. The molecule has 2 rings (SSSR count). The highest BCUT2D eigenvalue weighted by atomic mass is 14.7. The summed E-state index contributed by atoms with van der Waals surface area (Å²) >= 11 is 0. The molecule has 1 heteroatoms. The Kier molecular flexibility index (Phi) is 3.00. The molecular weight excluding hydrogens is 182 g/mol. The van der Waals surface area contributed by atoms with E-state index >= 15 is 0 Å². The standard InChI is InChI=1S/C14H17N/c1-3-4-7-12-10-13-8-5-6-9-14(13)15-11(12)2/h5-6,8-10H,3-4,7H2,1-2H3. The Morgan fingerprint density at radius 2 is 2.00 bits per heavy atom. The van der Waals surface area contributed by atoms with Gasteiger partial charge in [0, 0.05) is 11.1 Å². The van der Waals surface area contributed by atoms with E-state index in [4.69, 9.17) is 0 Å². The number of aryl methyl sites for hydroxylation is 2. The summed E-state index contributed by atoms with van der Waals surface area (Å²) in [4.78, 5) is 4.63. The first-order valence-electron chi connectivity index (χ1n) is 5.66. The van der Waals surface area contributed by atoms with Crippen LogP contribution in [-0.4, -0.2) is 4.98 Å². The van der Waals surface area contributed by atoms with Crippen LogP contribution in [0.5, 0.6) is 0 Å². The number of unbranched alkanes of at least 4 members (excludes halogenated alkanes) is 1. The highest BCUT2D eigenvalue weighted by Crippen LogP contribution is 2.17. The van der Waals surface area contributed by atoms with E-state index in [0.717, 1.165) is 11.9 Å². The zero-order chi connectivity index (χ0) is 10.7. The van der Waals surface area contributed by atoms with Gasteiger partial charge in [0.2, 0.25) is 0 Å². The lowest BCUT2D eigenvalue weighted by atomic mass is 10.0. The first kappa shape index (κ1) is 10.2. The lowest BCUT2D eigenvalue weighted by Gasteiger charge is -2.06. The highest BCUT2D eigenvalue weighted by Gasteiger charge is 2.01. The van der Waals surface area contributed by atoms with E-state index in [1.807, 2.05) is 6.07 Å². The fourth-order valence-corrected chi connectivity index (χ4v) is 1.88. The topological polar surface area (TPSA) is 12.9 Å². The molecule has 1 heterocycles. The van der Waals surface area contributed by atoms with E-state index in [1.54, 1.807) is 0 Å². The van der Waals surface area contributed by atoms with E-state index < -0.39 is 0 Å². The van der Waals surface area contributed by atoms with Gasteiger partial charge in [-0.15, -0.1) is 0 Å². The molecule has 0 atom stereocenters. The molecule has 15 heavy (non-hydrogen) atoms. The van der Waals surface area contributed by atoms with Crippen LogP contribution in [-0.2, 0) is 6.42 Å². The molecule has 1 aromatic carbocycles. The average Bonchev–Trinajstić information content (AvgIpc) is 2.26. The third kappa shape index (κ3) is 2.17. The molecule has 1 aromatic heterocycles. The monoisotopic (exact) mass is 199 g/mol. The third-order valence-corrected chi connectivity index (χ3v) is 2.82. The van der Waals surface area contributed by atoms with Gasteiger partial charge < -0.3 is 0 Å². The molecule has 0 amide bonds. The van der Waals surface area contributed by atoms with Crippen molar-refractivity contribution in [3.63, 3.8) is 0 Å². The maximum absolute atomic E-state index is 4.63. The highest BCUT2D eigenvalue weighted by molar-refractivity contribution is 5.79. The fraction of sp³-hybridized carbons (Fsp3) is 0.357. The number of aromatic nitrogens is 1. The van der Waals surface area contributed by atoms with Crippen molar-refractivity contribution in [3.05, 3.63) is 41.6 Å². The largest absolute Gasteiger partial charge is 0.253 e. The second kappa shape index (κ2) is 4.43. The van der Waals surface area contributed by atoms with Crippen molar-refractivity contribution in [2.24, 2.45) is 0 Å². The van der Waals surface area contributed by atoms with E-state index in [1.165, 1.54) is 29.5 Å². The van der Waals surface area contributed by atoms with E-state index in [-0.39, 0.29) is 0 Å². The molecule has 0 unspecified atom stereocenters. The fourth-order valence-electron chi connectivity index (χ4n) is 1.88. The SMILES string of the molecule is CCCCc1cc2ccccc2nc1C. The van der Waals surface area contributed by atoms with E-state index in [0.29, 0.717) is 0 Å². The molecule has 0 fully saturated rings. The Morgan fingerprint density at radius 1 is 1.20 bits per heavy atom. The van der Waals surface area contributed by atoms with Gasteiger partial charge >= 0.3 is 0 Å². The molecule has 0 saturated carbocycles. The van der Waals surface area contributed by atoms with Gasteiger partial charge in [0.25, 0.3) is 0 Å². The Morgan fingerprint density at radius 3 is 2.80 bits per heavy atom. The molecule has 0 spiro atoms. The summed E-state index contributed by atoms with van der Waals surface area (Å²) in [5, 5.41) is 1.26. The molecule has 2 aromatic rings. The summed E-state index contributed by atoms with van der Waals surface area (Å²) in [6.45, 7) is 4.33. The van der Waals surface area contributed by atoms with Gasteiger partial charge in [-0.2, -0.15) is 0 Å². The van der Waals surface area contributed by atoms with E-state index in [9.17, 15) is 0 Å². The van der Waals surface area contributed by atoms with Gasteiger partial charge in [-0.05, 0) is 37.5 Å². The molecule has 0 bridgehead atoms. The van der Waals surface area contributed by atoms with Gasteiger partial charge in [-0.25, -0.2) is 0 Å². The molecular formula is C14H17N. The zero-order valence-corrected chi connectivity index (χ0v) is 9.46. The van der Waals surface area contributed by atoms with Crippen molar-refractivity contribution in [1.82, 2.24) is 4.98 Å². The second-order valence-corrected chi connectivity index (χ2v) is 4.03. The van der Waals surface area contributed by atoms with Gasteiger partial charge in [-0.1, -0.05) is 31.5 Å². The summed E-state index contributed by atoms with van der Waals surface area (Å²) in [6, 6.07) is 10.6. The van der Waals surface area contributed by atoms with Crippen molar-refractivity contribution in [3.8, 4) is 0 Å². The number of hydrogen-bond donors (Lipinski definition) is 0. The maximum atomic E-state index is 4.63. The number of rotatable bonds is 3. The summed E-state index contributed by atoms with van der Waals surface area (Å²) < 4.78 is 0.